The van der Waals surface area contributed by atoms with Crippen LogP contribution in [0, 0.1) is 0 Å². The Bertz CT molecular complexity index is 703. The number of nitrogens with two attached hydrogens (primary N) is 1. The summed E-state index contributed by atoms with van der Waals surface area (Å²) in [6.07, 6.45) is -2.38. The maximum atomic E-state index is 12.8. The number of hydrogen-bond acceptors (Lipinski definition) is 4. The third-order valence-electron chi connectivity index (χ3n) is 3.89. The van der Waals surface area contributed by atoms with Crippen LogP contribution < -0.4 is 5.73 Å². The van der Waals surface area contributed by atoms with E-state index in [0.717, 1.165) is 25.0 Å². The van der Waals surface area contributed by atoms with Crippen molar-refractivity contribution in [2.75, 3.05) is 12.3 Å². The zero-order valence-corrected chi connectivity index (χ0v) is 12.2. The molecule has 0 amide bonds. The predicted octanol–water partition coefficient (Wildman–Crippen LogP) is 4.49. The molecular formula is C16H16F3NO3. The van der Waals surface area contributed by atoms with Gasteiger partial charge in [0.25, 0.3) is 0 Å². The number of alkyl halides is 3. The van der Waals surface area contributed by atoms with Crippen molar-refractivity contribution in [3.8, 4) is 16.9 Å². The highest BCUT2D eigenvalue weighted by molar-refractivity contribution is 5.80. The van der Waals surface area contributed by atoms with Gasteiger partial charge in [0.05, 0.1) is 11.1 Å². The van der Waals surface area contributed by atoms with E-state index in [0.29, 0.717) is 13.0 Å². The highest BCUT2D eigenvalue weighted by Crippen LogP contribution is 2.46. The van der Waals surface area contributed by atoms with E-state index in [1.807, 2.05) is 0 Å². The first kappa shape index (κ1) is 15.7. The Labute approximate surface area is 130 Å². The summed E-state index contributed by atoms with van der Waals surface area (Å²) in [6, 6.07) is 4.61. The van der Waals surface area contributed by atoms with Gasteiger partial charge in [0.1, 0.15) is 6.10 Å². The largest absolute Gasteiger partial charge is 0.504 e. The molecule has 1 aliphatic rings. The monoisotopic (exact) mass is 327 g/mol. The van der Waals surface area contributed by atoms with Gasteiger partial charge >= 0.3 is 6.18 Å². The van der Waals surface area contributed by atoms with Crippen LogP contribution in [0.15, 0.2) is 28.7 Å². The van der Waals surface area contributed by atoms with Crippen LogP contribution in [0.2, 0.25) is 0 Å². The number of benzene rings is 1. The Kier molecular flexibility index (Phi) is 3.97. The van der Waals surface area contributed by atoms with E-state index in [4.69, 9.17) is 14.9 Å². The Morgan fingerprint density at radius 2 is 2.00 bits per heavy atom. The Morgan fingerprint density at radius 1 is 1.22 bits per heavy atom. The van der Waals surface area contributed by atoms with Gasteiger partial charge in [0.15, 0.2) is 11.5 Å². The first-order valence-electron chi connectivity index (χ1n) is 7.28. The Hall–Kier alpha value is -2.15. The van der Waals surface area contributed by atoms with Crippen molar-refractivity contribution < 1.29 is 27.4 Å². The second-order valence-electron chi connectivity index (χ2n) is 5.49. The van der Waals surface area contributed by atoms with Crippen LogP contribution in [0.5, 0.6) is 5.75 Å². The standard InChI is InChI=1S/C16H16F3NO3/c17-16(18,19)10-5-3-4-9(8-10)12-13(21)14(23-15(12)20)11-6-1-2-7-22-11/h3-5,8,11,21H,1-2,6-7,20H2. The van der Waals surface area contributed by atoms with Crippen molar-refractivity contribution in [3.05, 3.63) is 35.6 Å². The molecule has 124 valence electrons. The minimum Gasteiger partial charge on any atom is -0.504 e. The van der Waals surface area contributed by atoms with Crippen molar-refractivity contribution in [1.82, 2.24) is 0 Å². The summed E-state index contributed by atoms with van der Waals surface area (Å²) in [7, 11) is 0. The highest BCUT2D eigenvalue weighted by Gasteiger charge is 2.32. The summed E-state index contributed by atoms with van der Waals surface area (Å²) >= 11 is 0. The molecule has 1 saturated heterocycles. The zero-order chi connectivity index (χ0) is 16.6. The van der Waals surface area contributed by atoms with E-state index in [1.165, 1.54) is 12.1 Å². The molecule has 7 heteroatoms. The molecule has 0 bridgehead atoms. The van der Waals surface area contributed by atoms with E-state index < -0.39 is 17.8 Å². The third-order valence-corrected chi connectivity index (χ3v) is 3.89. The lowest BCUT2D eigenvalue weighted by atomic mass is 10.0. The minimum absolute atomic E-state index is 0.0697. The maximum Gasteiger partial charge on any atom is 0.416 e. The van der Waals surface area contributed by atoms with Crippen LogP contribution in [0.1, 0.15) is 36.7 Å². The average Bonchev–Trinajstić information content (AvgIpc) is 2.82. The van der Waals surface area contributed by atoms with Crippen LogP contribution in [-0.4, -0.2) is 11.7 Å². The van der Waals surface area contributed by atoms with Crippen molar-refractivity contribution in [2.45, 2.75) is 31.5 Å². The quantitative estimate of drug-likeness (QED) is 0.852. The number of nitrogen functional groups attached to an aromatic ring is 1. The number of anilines is 1. The lowest BCUT2D eigenvalue weighted by Crippen LogP contribution is -2.10. The first-order valence-corrected chi connectivity index (χ1v) is 7.28. The Morgan fingerprint density at radius 3 is 2.65 bits per heavy atom. The van der Waals surface area contributed by atoms with Crippen LogP contribution in [-0.2, 0) is 10.9 Å². The predicted molar refractivity (Wildman–Crippen MR) is 77.8 cm³/mol. The summed E-state index contributed by atoms with van der Waals surface area (Å²) < 4.78 is 49.5. The van der Waals surface area contributed by atoms with Gasteiger partial charge in [-0.25, -0.2) is 0 Å². The molecule has 0 radical (unpaired) electrons. The summed E-state index contributed by atoms with van der Waals surface area (Å²) in [4.78, 5) is 0. The fraction of sp³-hybridized carbons (Fsp3) is 0.375. The molecule has 2 heterocycles. The number of aromatic hydroxyl groups is 1. The molecule has 0 saturated carbocycles. The van der Waals surface area contributed by atoms with Gasteiger partial charge in [-0.1, -0.05) is 12.1 Å². The van der Waals surface area contributed by atoms with Crippen LogP contribution >= 0.6 is 0 Å². The second kappa shape index (κ2) is 5.81. The third kappa shape index (κ3) is 3.01. The smallest absolute Gasteiger partial charge is 0.416 e. The van der Waals surface area contributed by atoms with Crippen molar-refractivity contribution in [3.63, 3.8) is 0 Å². The topological polar surface area (TPSA) is 68.6 Å². The summed E-state index contributed by atoms with van der Waals surface area (Å²) in [5.41, 5.74) is 5.19. The van der Waals surface area contributed by atoms with Crippen LogP contribution in [0.4, 0.5) is 19.1 Å². The minimum atomic E-state index is -4.47. The van der Waals surface area contributed by atoms with Gasteiger partial charge in [-0.3, -0.25) is 0 Å². The van der Waals surface area contributed by atoms with E-state index in [1.54, 1.807) is 0 Å². The molecule has 3 N–H and O–H groups in total. The summed E-state index contributed by atoms with van der Waals surface area (Å²) in [5, 5.41) is 10.4. The molecule has 3 rings (SSSR count). The van der Waals surface area contributed by atoms with Crippen LogP contribution in [0.25, 0.3) is 11.1 Å². The highest BCUT2D eigenvalue weighted by atomic mass is 19.4. The molecule has 1 atom stereocenters. The van der Waals surface area contributed by atoms with Gasteiger partial charge < -0.3 is 20.0 Å². The number of halogens is 3. The molecule has 1 aromatic carbocycles. The molecule has 0 spiro atoms. The van der Waals surface area contributed by atoms with E-state index >= 15 is 0 Å². The number of rotatable bonds is 2. The van der Waals surface area contributed by atoms with Gasteiger partial charge in [0, 0.05) is 6.61 Å². The molecule has 23 heavy (non-hydrogen) atoms. The van der Waals surface area contributed by atoms with Gasteiger partial charge in [-0.15, -0.1) is 0 Å². The molecule has 1 unspecified atom stereocenters. The van der Waals surface area contributed by atoms with E-state index in [2.05, 4.69) is 0 Å². The number of ether oxygens (including phenoxy) is 1. The normalized spacial score (nSPS) is 19.0. The fourth-order valence-electron chi connectivity index (χ4n) is 2.75. The van der Waals surface area contributed by atoms with Gasteiger partial charge in [-0.05, 0) is 37.0 Å². The lowest BCUT2D eigenvalue weighted by molar-refractivity contribution is -0.137. The SMILES string of the molecule is Nc1oc(C2CCCCO2)c(O)c1-c1cccc(C(F)(F)F)c1. The maximum absolute atomic E-state index is 12.8. The van der Waals surface area contributed by atoms with E-state index in [9.17, 15) is 18.3 Å². The lowest BCUT2D eigenvalue weighted by Gasteiger charge is -2.20. The molecule has 1 aromatic heterocycles. The molecule has 0 aliphatic carbocycles. The van der Waals surface area contributed by atoms with Crippen LogP contribution in [0.3, 0.4) is 0 Å². The molecule has 4 nitrogen and oxygen atoms in total. The Balaban J connectivity index is 2.02. The van der Waals surface area contributed by atoms with Gasteiger partial charge in [-0.2, -0.15) is 13.2 Å². The molecule has 1 fully saturated rings. The van der Waals surface area contributed by atoms with Crippen molar-refractivity contribution in [2.24, 2.45) is 0 Å². The van der Waals surface area contributed by atoms with Gasteiger partial charge in [0.2, 0.25) is 5.88 Å². The zero-order valence-electron chi connectivity index (χ0n) is 12.2. The molecule has 1 aliphatic heterocycles. The average molecular weight is 327 g/mol. The number of hydrogen-bond donors (Lipinski definition) is 2. The van der Waals surface area contributed by atoms with Crippen molar-refractivity contribution >= 4 is 5.88 Å². The molecule has 2 aromatic rings. The first-order chi connectivity index (χ1) is 10.9. The second-order valence-corrected chi connectivity index (χ2v) is 5.49. The summed E-state index contributed by atoms with van der Waals surface area (Å²) in [6.45, 7) is 0.545. The number of furan rings is 1. The molecular weight excluding hydrogens is 311 g/mol. The van der Waals surface area contributed by atoms with E-state index in [-0.39, 0.29) is 28.5 Å². The summed E-state index contributed by atoms with van der Waals surface area (Å²) in [5.74, 6) is -0.200. The fourth-order valence-corrected chi connectivity index (χ4v) is 2.75. The van der Waals surface area contributed by atoms with Crippen molar-refractivity contribution in [1.29, 1.82) is 0 Å².